The minimum Gasteiger partial charge on any atom is -0.381 e. The minimum absolute atomic E-state index is 0.0609. The number of anilines is 1. The lowest BCUT2D eigenvalue weighted by molar-refractivity contribution is -0.141. The molecule has 0 aliphatic carbocycles. The quantitative estimate of drug-likeness (QED) is 0.569. The number of nitrogens with one attached hydrogen (secondary N) is 1. The van der Waals surface area contributed by atoms with Crippen LogP contribution in [0.4, 0.5) is 32.0 Å². The first-order chi connectivity index (χ1) is 15.4. The fourth-order valence-electron chi connectivity index (χ4n) is 3.48. The molecule has 0 radical (unpaired) electrons. The van der Waals surface area contributed by atoms with Crippen molar-refractivity contribution < 1.29 is 31.1 Å². The van der Waals surface area contributed by atoms with Crippen molar-refractivity contribution in [3.05, 3.63) is 65.3 Å². The molecule has 0 bridgehead atoms. The molecule has 174 valence electrons. The van der Waals surface area contributed by atoms with E-state index in [4.69, 9.17) is 5.73 Å². The number of rotatable bonds is 4. The maximum atomic E-state index is 14.7. The van der Waals surface area contributed by atoms with Crippen LogP contribution in [0.15, 0.2) is 41.7 Å². The number of nitrogens with two attached hydrogens (primary N) is 1. The van der Waals surface area contributed by atoms with Gasteiger partial charge < -0.3 is 15.6 Å². The van der Waals surface area contributed by atoms with Crippen molar-refractivity contribution in [1.82, 2.24) is 19.3 Å². The molecule has 0 fully saturated rings. The van der Waals surface area contributed by atoms with E-state index in [2.05, 4.69) is 20.4 Å². The van der Waals surface area contributed by atoms with Crippen LogP contribution in [0.5, 0.6) is 0 Å². The summed E-state index contributed by atoms with van der Waals surface area (Å²) in [5, 5.41) is 5.86. The first kappa shape index (κ1) is 22.4. The van der Waals surface area contributed by atoms with E-state index in [0.717, 1.165) is 29.1 Å². The summed E-state index contributed by atoms with van der Waals surface area (Å²) in [6.07, 6.45) is -3.01. The summed E-state index contributed by atoms with van der Waals surface area (Å²) < 4.78 is 80.6. The molecule has 8 nitrogen and oxygen atoms in total. The van der Waals surface area contributed by atoms with Crippen LogP contribution in [-0.2, 0) is 18.3 Å². The van der Waals surface area contributed by atoms with E-state index in [9.17, 15) is 31.1 Å². The van der Waals surface area contributed by atoms with E-state index < -0.39 is 35.7 Å². The Bertz CT molecular complexity index is 1260. The normalized spacial score (nSPS) is 18.2. The summed E-state index contributed by atoms with van der Waals surface area (Å²) in [5.41, 5.74) is 2.96. The Hall–Kier alpha value is -3.84. The molecule has 0 unspecified atom stereocenters. The Morgan fingerprint density at radius 3 is 2.64 bits per heavy atom. The zero-order valence-electron chi connectivity index (χ0n) is 16.7. The van der Waals surface area contributed by atoms with Gasteiger partial charge in [-0.3, -0.25) is 9.79 Å². The lowest BCUT2D eigenvalue weighted by atomic mass is 9.90. The molecule has 3 N–H and O–H groups in total. The number of benzene rings is 1. The van der Waals surface area contributed by atoms with Crippen LogP contribution in [0.2, 0.25) is 0 Å². The van der Waals surface area contributed by atoms with E-state index in [0.29, 0.717) is 4.68 Å². The van der Waals surface area contributed by atoms with Gasteiger partial charge in [0.05, 0.1) is 6.54 Å². The Kier molecular flexibility index (Phi) is 5.17. The van der Waals surface area contributed by atoms with Crippen LogP contribution in [0.3, 0.4) is 0 Å². The van der Waals surface area contributed by atoms with Gasteiger partial charge in [0, 0.05) is 23.6 Å². The second-order valence-electron chi connectivity index (χ2n) is 7.45. The monoisotopic (exact) mass is 471 g/mol. The predicted molar refractivity (Wildman–Crippen MR) is 103 cm³/mol. The second kappa shape index (κ2) is 7.64. The van der Waals surface area contributed by atoms with Crippen LogP contribution < -0.4 is 11.1 Å². The van der Waals surface area contributed by atoms with E-state index in [1.165, 1.54) is 19.1 Å². The maximum absolute atomic E-state index is 14.7. The van der Waals surface area contributed by atoms with E-state index >= 15 is 0 Å². The number of hydrogen-bond acceptors (Lipinski definition) is 5. The smallest absolute Gasteiger partial charge is 0.381 e. The van der Waals surface area contributed by atoms with Gasteiger partial charge in [-0.25, -0.2) is 14.1 Å². The number of carbonyl (C=O) groups excluding carboxylic acids is 1. The van der Waals surface area contributed by atoms with Crippen LogP contribution in [0, 0.1) is 5.82 Å². The van der Waals surface area contributed by atoms with Crippen molar-refractivity contribution in [2.24, 2.45) is 10.7 Å². The molecular weight excluding hydrogens is 456 g/mol. The molecule has 2 aromatic heterocycles. The van der Waals surface area contributed by atoms with Crippen molar-refractivity contribution >= 4 is 17.4 Å². The van der Waals surface area contributed by atoms with Gasteiger partial charge in [0.15, 0.2) is 23.0 Å². The van der Waals surface area contributed by atoms with Gasteiger partial charge in [-0.15, -0.1) is 0 Å². The first-order valence-corrected chi connectivity index (χ1v) is 9.32. The van der Waals surface area contributed by atoms with Gasteiger partial charge in [-0.2, -0.15) is 27.1 Å². The van der Waals surface area contributed by atoms with Gasteiger partial charge in [-0.1, -0.05) is 0 Å². The predicted octanol–water partition coefficient (Wildman–Crippen LogP) is 3.52. The average molecular weight is 471 g/mol. The number of halogens is 6. The van der Waals surface area contributed by atoms with Crippen molar-refractivity contribution in [1.29, 1.82) is 0 Å². The standard InChI is InChI=1S/C19H15F6N7O/c1-18(8-31-7-13(19(23,24)25)28-15(31)14(26)29-18)10-6-9(2-3-11(10)20)27-16(33)12-4-5-32(30-12)17(21)22/h2-7,17H,8H2,1H3,(H2,26,29)(H,27,33)/t18-/m0/s1. The molecule has 1 aliphatic heterocycles. The van der Waals surface area contributed by atoms with Gasteiger partial charge in [0.2, 0.25) is 0 Å². The number of amidine groups is 1. The van der Waals surface area contributed by atoms with Crippen LogP contribution >= 0.6 is 0 Å². The summed E-state index contributed by atoms with van der Waals surface area (Å²) >= 11 is 0. The molecule has 33 heavy (non-hydrogen) atoms. The molecule has 14 heteroatoms. The number of hydrogen-bond donors (Lipinski definition) is 2. The average Bonchev–Trinajstić information content (AvgIpc) is 3.36. The highest BCUT2D eigenvalue weighted by atomic mass is 19.4. The van der Waals surface area contributed by atoms with E-state index in [1.54, 1.807) is 0 Å². The highest BCUT2D eigenvalue weighted by Gasteiger charge is 2.40. The molecule has 1 atom stereocenters. The number of aromatic nitrogens is 4. The van der Waals surface area contributed by atoms with E-state index in [1.807, 2.05) is 0 Å². The fourth-order valence-corrected chi connectivity index (χ4v) is 3.48. The maximum Gasteiger partial charge on any atom is 0.434 e. The molecule has 0 saturated carbocycles. The Labute approximate surface area is 181 Å². The zero-order chi connectivity index (χ0) is 24.1. The number of nitrogens with zero attached hydrogens (tertiary/aromatic N) is 5. The summed E-state index contributed by atoms with van der Waals surface area (Å²) in [6, 6.07) is 4.58. The highest BCUT2D eigenvalue weighted by molar-refractivity contribution is 6.02. The lowest BCUT2D eigenvalue weighted by Gasteiger charge is -2.31. The molecule has 0 spiro atoms. The fraction of sp³-hybridized carbons (Fsp3) is 0.263. The van der Waals surface area contributed by atoms with Gasteiger partial charge in [0.25, 0.3) is 5.91 Å². The molecule has 0 saturated heterocycles. The molecule has 1 aromatic carbocycles. The van der Waals surface area contributed by atoms with Crippen molar-refractivity contribution in [3.8, 4) is 0 Å². The number of alkyl halides is 5. The third-order valence-corrected chi connectivity index (χ3v) is 4.99. The highest BCUT2D eigenvalue weighted by Crippen LogP contribution is 2.36. The van der Waals surface area contributed by atoms with Crippen LogP contribution in [0.1, 0.15) is 41.0 Å². The summed E-state index contributed by atoms with van der Waals surface area (Å²) in [4.78, 5) is 20.0. The summed E-state index contributed by atoms with van der Waals surface area (Å²) in [5.74, 6) is -2.07. The van der Waals surface area contributed by atoms with Gasteiger partial charge in [-0.05, 0) is 31.2 Å². The second-order valence-corrected chi connectivity index (χ2v) is 7.45. The number of amides is 1. The summed E-state index contributed by atoms with van der Waals surface area (Å²) in [7, 11) is 0. The number of carbonyl (C=O) groups is 1. The topological polar surface area (TPSA) is 103 Å². The van der Waals surface area contributed by atoms with Crippen molar-refractivity contribution in [3.63, 3.8) is 0 Å². The third-order valence-electron chi connectivity index (χ3n) is 4.99. The molecule has 1 amide bonds. The summed E-state index contributed by atoms with van der Waals surface area (Å²) in [6.45, 7) is -1.67. The first-order valence-electron chi connectivity index (χ1n) is 9.32. The van der Waals surface area contributed by atoms with Gasteiger partial charge >= 0.3 is 12.7 Å². The SMILES string of the molecule is C[C@@]1(c2cc(NC(=O)c3ccn(C(F)F)n3)ccc2F)Cn2cc(C(F)(F)F)nc2C(N)=N1. The number of imidazole rings is 1. The largest absolute Gasteiger partial charge is 0.434 e. The van der Waals surface area contributed by atoms with Crippen LogP contribution in [0.25, 0.3) is 0 Å². The van der Waals surface area contributed by atoms with E-state index in [-0.39, 0.29) is 35.1 Å². The van der Waals surface area contributed by atoms with Gasteiger partial charge in [0.1, 0.15) is 11.4 Å². The number of fused-ring (bicyclic) bond motifs is 1. The van der Waals surface area contributed by atoms with Crippen molar-refractivity contribution in [2.45, 2.75) is 31.7 Å². The Morgan fingerprint density at radius 1 is 1.27 bits per heavy atom. The molecule has 3 aromatic rings. The molecular formula is C19H15F6N7O. The van der Waals surface area contributed by atoms with Crippen molar-refractivity contribution in [2.75, 3.05) is 5.32 Å². The molecule has 4 rings (SSSR count). The minimum atomic E-state index is -4.70. The lowest BCUT2D eigenvalue weighted by Crippen LogP contribution is -2.37. The zero-order valence-corrected chi connectivity index (χ0v) is 16.7. The Balaban J connectivity index is 1.64. The number of aliphatic imine (C=N–C) groups is 1. The Morgan fingerprint density at radius 2 is 2.00 bits per heavy atom. The van der Waals surface area contributed by atoms with Crippen LogP contribution in [-0.4, -0.2) is 31.1 Å². The molecule has 3 heterocycles. The molecule has 1 aliphatic rings. The third kappa shape index (κ3) is 4.15.